The van der Waals surface area contributed by atoms with E-state index in [0.29, 0.717) is 40.4 Å². The van der Waals surface area contributed by atoms with E-state index in [2.05, 4.69) is 30.5 Å². The van der Waals surface area contributed by atoms with E-state index in [4.69, 9.17) is 11.6 Å². The summed E-state index contributed by atoms with van der Waals surface area (Å²) in [5.74, 6) is -0.0107. The lowest BCUT2D eigenvalue weighted by molar-refractivity contribution is 0.0704. The van der Waals surface area contributed by atoms with Crippen molar-refractivity contribution in [1.29, 1.82) is 0 Å². The van der Waals surface area contributed by atoms with Gasteiger partial charge in [0.05, 0.1) is 22.4 Å². The molecule has 1 atom stereocenters. The zero-order chi connectivity index (χ0) is 21.9. The highest BCUT2D eigenvalue weighted by atomic mass is 35.5. The van der Waals surface area contributed by atoms with Crippen molar-refractivity contribution in [3.8, 4) is 16.8 Å². The predicted molar refractivity (Wildman–Crippen MR) is 115 cm³/mol. The zero-order valence-electron chi connectivity index (χ0n) is 16.5. The average molecular weight is 448 g/mol. The number of aliphatic hydroxyl groups is 1. The normalized spacial score (nSPS) is 17.7. The molecule has 6 rings (SSSR count). The fourth-order valence-electron chi connectivity index (χ4n) is 4.27. The van der Waals surface area contributed by atoms with Crippen LogP contribution in [-0.2, 0) is 12.0 Å². The third kappa shape index (κ3) is 2.89. The van der Waals surface area contributed by atoms with Crippen molar-refractivity contribution < 1.29 is 9.50 Å². The van der Waals surface area contributed by atoms with Crippen LogP contribution in [-0.4, -0.2) is 40.3 Å². The number of H-pyrrole nitrogens is 1. The van der Waals surface area contributed by atoms with Gasteiger partial charge in [-0.15, -0.1) is 5.10 Å². The lowest BCUT2D eigenvalue weighted by atomic mass is 9.98. The van der Waals surface area contributed by atoms with Gasteiger partial charge in [-0.25, -0.2) is 9.37 Å². The van der Waals surface area contributed by atoms with Crippen LogP contribution in [0.1, 0.15) is 23.5 Å². The molecule has 3 heterocycles. The maximum atomic E-state index is 13.6. The van der Waals surface area contributed by atoms with E-state index < -0.39 is 5.60 Å². The lowest BCUT2D eigenvalue weighted by Crippen LogP contribution is -2.26. The number of hydrogen-bond donors (Lipinski definition) is 2. The summed E-state index contributed by atoms with van der Waals surface area (Å²) in [5.41, 5.74) is 3.58. The highest BCUT2D eigenvalue weighted by Gasteiger charge is 2.42. The Morgan fingerprint density at radius 3 is 2.91 bits per heavy atom. The average Bonchev–Trinajstić information content (AvgIpc) is 3.53. The second-order valence-corrected chi connectivity index (χ2v) is 8.19. The first-order valence-electron chi connectivity index (χ1n) is 9.92. The number of fused-ring (bicyclic) bond motifs is 2. The summed E-state index contributed by atoms with van der Waals surface area (Å²) in [6.45, 7) is 0. The molecule has 8 nitrogen and oxygen atoms in total. The SMILES string of the molecule is OC1(c2nc3ccc(F)cc3[nH]2)CCc2cc(-c3cc(Cl)ccc3-n3cnnn3)cnc21. The number of rotatable bonds is 3. The molecule has 2 N–H and O–H groups in total. The van der Waals surface area contributed by atoms with E-state index in [1.807, 2.05) is 18.2 Å². The second kappa shape index (κ2) is 6.91. The number of aromatic nitrogens is 7. The minimum absolute atomic E-state index is 0.356. The van der Waals surface area contributed by atoms with Gasteiger partial charge in [0.1, 0.15) is 18.0 Å². The van der Waals surface area contributed by atoms with Gasteiger partial charge in [0, 0.05) is 22.3 Å². The molecule has 10 heteroatoms. The Hall–Kier alpha value is -3.69. The topological polar surface area (TPSA) is 105 Å². The first kappa shape index (κ1) is 19.0. The highest BCUT2D eigenvalue weighted by molar-refractivity contribution is 6.31. The molecule has 3 aromatic heterocycles. The summed E-state index contributed by atoms with van der Waals surface area (Å²) in [6, 6.07) is 11.7. The van der Waals surface area contributed by atoms with E-state index in [1.165, 1.54) is 18.5 Å². The van der Waals surface area contributed by atoms with Gasteiger partial charge in [0.25, 0.3) is 0 Å². The van der Waals surface area contributed by atoms with E-state index >= 15 is 0 Å². The number of nitrogens with zero attached hydrogens (tertiary/aromatic N) is 6. The highest BCUT2D eigenvalue weighted by Crippen LogP contribution is 2.42. The molecule has 1 unspecified atom stereocenters. The van der Waals surface area contributed by atoms with Crippen molar-refractivity contribution >= 4 is 22.6 Å². The lowest BCUT2D eigenvalue weighted by Gasteiger charge is -2.20. The van der Waals surface area contributed by atoms with Gasteiger partial charge in [-0.1, -0.05) is 11.6 Å². The molecule has 0 spiro atoms. The number of pyridine rings is 1. The Bertz CT molecular complexity index is 1480. The molecule has 0 saturated heterocycles. The number of halogens is 2. The Balaban J connectivity index is 1.45. The summed E-state index contributed by atoms with van der Waals surface area (Å²) in [6.07, 6.45) is 4.23. The molecule has 0 amide bonds. The van der Waals surface area contributed by atoms with Crippen LogP contribution in [0.4, 0.5) is 4.39 Å². The second-order valence-electron chi connectivity index (χ2n) is 7.75. The van der Waals surface area contributed by atoms with E-state index in [0.717, 1.165) is 22.4 Å². The van der Waals surface area contributed by atoms with E-state index in [1.54, 1.807) is 23.0 Å². The quantitative estimate of drug-likeness (QED) is 0.438. The van der Waals surface area contributed by atoms with Crippen LogP contribution < -0.4 is 0 Å². The first-order chi connectivity index (χ1) is 15.5. The summed E-state index contributed by atoms with van der Waals surface area (Å²) in [5, 5.41) is 23.5. The van der Waals surface area contributed by atoms with Gasteiger partial charge < -0.3 is 10.1 Å². The van der Waals surface area contributed by atoms with Crippen LogP contribution in [0.25, 0.3) is 27.8 Å². The number of nitrogens with one attached hydrogen (secondary N) is 1. The number of imidazole rings is 1. The maximum Gasteiger partial charge on any atom is 0.164 e. The van der Waals surface area contributed by atoms with E-state index in [-0.39, 0.29) is 5.82 Å². The van der Waals surface area contributed by atoms with Gasteiger partial charge in [0.2, 0.25) is 0 Å². The van der Waals surface area contributed by atoms with E-state index in [9.17, 15) is 9.50 Å². The standard InChI is InChI=1S/C22H15ClFN7O/c23-14-1-4-19(31-11-26-29-30-31)16(8-14)13-7-12-5-6-22(32,20(12)25-10-13)21-27-17-3-2-15(24)9-18(17)28-21/h1-4,7-11,32H,5-6H2,(H,27,28). The van der Waals surface area contributed by atoms with Gasteiger partial charge in [-0.2, -0.15) is 4.68 Å². The summed E-state index contributed by atoms with van der Waals surface area (Å²) >= 11 is 6.26. The Morgan fingerprint density at radius 2 is 2.06 bits per heavy atom. The van der Waals surface area contributed by atoms with Crippen LogP contribution in [0, 0.1) is 5.82 Å². The number of benzene rings is 2. The molecule has 158 valence electrons. The van der Waals surface area contributed by atoms with Gasteiger partial charge in [-0.05, 0) is 71.3 Å². The molecular formula is C22H15ClFN7O. The monoisotopic (exact) mass is 447 g/mol. The van der Waals surface area contributed by atoms with Crippen molar-refractivity contribution in [1.82, 2.24) is 35.2 Å². The third-order valence-corrected chi connectivity index (χ3v) is 6.05. The van der Waals surface area contributed by atoms with Gasteiger partial charge in [-0.3, -0.25) is 4.98 Å². The number of aryl methyl sites for hydroxylation is 1. The van der Waals surface area contributed by atoms with Crippen LogP contribution in [0.3, 0.4) is 0 Å². The third-order valence-electron chi connectivity index (χ3n) is 5.82. The Morgan fingerprint density at radius 1 is 1.16 bits per heavy atom. The minimum Gasteiger partial charge on any atom is -0.375 e. The molecule has 0 bridgehead atoms. The van der Waals surface area contributed by atoms with Crippen molar-refractivity contribution in [2.75, 3.05) is 0 Å². The summed E-state index contributed by atoms with van der Waals surface area (Å²) in [7, 11) is 0. The Labute approximate surface area is 185 Å². The zero-order valence-corrected chi connectivity index (χ0v) is 17.3. The molecule has 1 aliphatic carbocycles. The molecular weight excluding hydrogens is 433 g/mol. The first-order valence-corrected chi connectivity index (χ1v) is 10.3. The van der Waals surface area contributed by atoms with Crippen LogP contribution in [0.5, 0.6) is 0 Å². The molecule has 0 radical (unpaired) electrons. The van der Waals surface area contributed by atoms with Gasteiger partial charge in [0.15, 0.2) is 5.60 Å². The smallest absolute Gasteiger partial charge is 0.164 e. The number of tetrazole rings is 1. The number of aromatic amines is 1. The van der Waals surface area contributed by atoms with Crippen LogP contribution in [0.15, 0.2) is 55.0 Å². The maximum absolute atomic E-state index is 13.6. The Kier molecular flexibility index (Phi) is 4.11. The molecule has 0 saturated carbocycles. The molecule has 32 heavy (non-hydrogen) atoms. The van der Waals surface area contributed by atoms with Crippen molar-refractivity contribution in [3.63, 3.8) is 0 Å². The van der Waals surface area contributed by atoms with Crippen LogP contribution in [0.2, 0.25) is 5.02 Å². The predicted octanol–water partition coefficient (Wildman–Crippen LogP) is 3.58. The molecule has 1 aliphatic rings. The molecule has 0 fully saturated rings. The molecule has 2 aromatic carbocycles. The summed E-state index contributed by atoms with van der Waals surface area (Å²) < 4.78 is 15.1. The fraction of sp³-hybridized carbons (Fsp3) is 0.136. The van der Waals surface area contributed by atoms with Crippen molar-refractivity contribution in [3.05, 3.63) is 82.9 Å². The number of hydrogen-bond acceptors (Lipinski definition) is 6. The van der Waals surface area contributed by atoms with Crippen LogP contribution >= 0.6 is 11.6 Å². The molecule has 0 aliphatic heterocycles. The van der Waals surface area contributed by atoms with Crippen molar-refractivity contribution in [2.45, 2.75) is 18.4 Å². The summed E-state index contributed by atoms with van der Waals surface area (Å²) in [4.78, 5) is 12.2. The largest absolute Gasteiger partial charge is 0.375 e. The minimum atomic E-state index is -1.38. The fourth-order valence-corrected chi connectivity index (χ4v) is 4.45. The van der Waals surface area contributed by atoms with Crippen molar-refractivity contribution in [2.24, 2.45) is 0 Å². The molecule has 5 aromatic rings. The van der Waals surface area contributed by atoms with Gasteiger partial charge >= 0.3 is 0 Å².